The van der Waals surface area contributed by atoms with Crippen LogP contribution < -0.4 is 4.90 Å². The lowest BCUT2D eigenvalue weighted by atomic mass is 9.91. The topological polar surface area (TPSA) is 43.8 Å². The number of hydrogen-bond acceptors (Lipinski definition) is 3. The zero-order valence-electron chi connectivity index (χ0n) is 16.4. The van der Waals surface area contributed by atoms with E-state index in [-0.39, 0.29) is 6.04 Å². The quantitative estimate of drug-likeness (QED) is 0.712. The first-order chi connectivity index (χ1) is 13.6. The number of fused-ring (bicyclic) bond motifs is 1. The Morgan fingerprint density at radius 3 is 2.46 bits per heavy atom. The minimum Gasteiger partial charge on any atom is -0.480 e. The highest BCUT2D eigenvalue weighted by Crippen LogP contribution is 2.38. The van der Waals surface area contributed by atoms with E-state index in [1.807, 2.05) is 20.2 Å². The molecule has 3 aromatic rings. The minimum atomic E-state index is -0.729. The van der Waals surface area contributed by atoms with E-state index in [2.05, 4.69) is 70.5 Å². The summed E-state index contributed by atoms with van der Waals surface area (Å²) in [5, 5.41) is 12.2. The van der Waals surface area contributed by atoms with E-state index in [4.69, 9.17) is 0 Å². The first-order valence-corrected chi connectivity index (χ1v) is 9.80. The number of carboxylic acid groups (broad SMARTS) is 1. The third kappa shape index (κ3) is 3.36. The van der Waals surface area contributed by atoms with Crippen LogP contribution in [-0.4, -0.2) is 42.7 Å². The summed E-state index contributed by atoms with van der Waals surface area (Å²) in [5.74, 6) is -0.729. The first kappa shape index (κ1) is 18.5. The molecule has 0 bridgehead atoms. The molecule has 1 N–H and O–H groups in total. The van der Waals surface area contributed by atoms with Crippen molar-refractivity contribution in [3.8, 4) is 0 Å². The molecule has 1 saturated heterocycles. The summed E-state index contributed by atoms with van der Waals surface area (Å²) < 4.78 is 0. The van der Waals surface area contributed by atoms with Crippen molar-refractivity contribution in [2.45, 2.75) is 24.9 Å². The third-order valence-corrected chi connectivity index (χ3v) is 5.75. The van der Waals surface area contributed by atoms with Crippen LogP contribution >= 0.6 is 0 Å². The summed E-state index contributed by atoms with van der Waals surface area (Å²) in [7, 11) is 4.05. The third-order valence-electron chi connectivity index (χ3n) is 5.75. The van der Waals surface area contributed by atoms with Crippen molar-refractivity contribution in [1.82, 2.24) is 4.90 Å². The van der Waals surface area contributed by atoms with E-state index in [1.165, 1.54) is 16.3 Å². The zero-order valence-corrected chi connectivity index (χ0v) is 16.4. The summed E-state index contributed by atoms with van der Waals surface area (Å²) in [6.45, 7) is 0.792. The number of likely N-dealkylation sites (tertiary alicyclic amines) is 1. The lowest BCUT2D eigenvalue weighted by Crippen LogP contribution is -2.39. The van der Waals surface area contributed by atoms with Gasteiger partial charge in [-0.3, -0.25) is 9.69 Å². The highest BCUT2D eigenvalue weighted by atomic mass is 16.4. The smallest absolute Gasteiger partial charge is 0.320 e. The molecule has 28 heavy (non-hydrogen) atoms. The molecule has 2 unspecified atom stereocenters. The maximum absolute atomic E-state index is 11.9. The fourth-order valence-corrected chi connectivity index (χ4v) is 4.36. The molecule has 4 heteroatoms. The Labute approximate surface area is 166 Å². The van der Waals surface area contributed by atoms with Crippen molar-refractivity contribution in [2.75, 3.05) is 25.5 Å². The number of anilines is 1. The predicted molar refractivity (Wildman–Crippen MR) is 114 cm³/mol. The Hall–Kier alpha value is -2.85. The molecule has 0 saturated carbocycles. The standard InChI is InChI=1S/C24H26N2O2/c1-25(2)19-14-12-18(13-15-19)23(26-16-6-11-22(26)24(27)28)21-10-5-8-17-7-3-4-9-20(17)21/h3-5,7-10,12-15,22-23H,6,11,16H2,1-2H3,(H,27,28). The molecule has 0 aromatic heterocycles. The van der Waals surface area contributed by atoms with Gasteiger partial charge in [0.2, 0.25) is 0 Å². The number of hydrogen-bond donors (Lipinski definition) is 1. The van der Waals surface area contributed by atoms with Gasteiger partial charge in [-0.1, -0.05) is 54.6 Å². The molecule has 1 aliphatic rings. The molecule has 1 aliphatic heterocycles. The fourth-order valence-electron chi connectivity index (χ4n) is 4.36. The van der Waals surface area contributed by atoms with Crippen molar-refractivity contribution in [3.63, 3.8) is 0 Å². The van der Waals surface area contributed by atoms with Gasteiger partial charge < -0.3 is 10.0 Å². The predicted octanol–water partition coefficient (Wildman–Crippen LogP) is 4.54. The second-order valence-corrected chi connectivity index (χ2v) is 7.69. The van der Waals surface area contributed by atoms with Gasteiger partial charge >= 0.3 is 5.97 Å². The van der Waals surface area contributed by atoms with Crippen LogP contribution in [0.15, 0.2) is 66.7 Å². The van der Waals surface area contributed by atoms with E-state index in [0.717, 1.165) is 24.2 Å². The lowest BCUT2D eigenvalue weighted by molar-refractivity contribution is -0.142. The summed E-state index contributed by atoms with van der Waals surface area (Å²) in [6.07, 6.45) is 1.61. The van der Waals surface area contributed by atoms with E-state index in [1.54, 1.807) is 0 Å². The van der Waals surface area contributed by atoms with Gasteiger partial charge in [0.15, 0.2) is 0 Å². The fraction of sp³-hybridized carbons (Fsp3) is 0.292. The molecule has 1 fully saturated rings. The number of rotatable bonds is 5. The summed E-state index contributed by atoms with van der Waals surface area (Å²) in [6, 6.07) is 22.7. The molecule has 0 aliphatic carbocycles. The van der Waals surface area contributed by atoms with Gasteiger partial charge in [0.25, 0.3) is 0 Å². The monoisotopic (exact) mass is 374 g/mol. The van der Waals surface area contributed by atoms with E-state index < -0.39 is 12.0 Å². The molecule has 0 amide bonds. The summed E-state index contributed by atoms with van der Waals surface area (Å²) in [4.78, 5) is 16.2. The van der Waals surface area contributed by atoms with Crippen LogP contribution in [0.1, 0.15) is 30.0 Å². The SMILES string of the molecule is CN(C)c1ccc(C(c2cccc3ccccc23)N2CCCC2C(=O)O)cc1. The van der Waals surface area contributed by atoms with Crippen LogP contribution in [0.2, 0.25) is 0 Å². The van der Waals surface area contributed by atoms with Gasteiger partial charge in [-0.25, -0.2) is 0 Å². The highest BCUT2D eigenvalue weighted by molar-refractivity contribution is 5.86. The molecule has 0 spiro atoms. The number of aliphatic carboxylic acids is 1. The first-order valence-electron chi connectivity index (χ1n) is 9.80. The molecule has 3 aromatic carbocycles. The Morgan fingerprint density at radius 1 is 1.04 bits per heavy atom. The van der Waals surface area contributed by atoms with Crippen molar-refractivity contribution >= 4 is 22.4 Å². The summed E-state index contributed by atoms with van der Waals surface area (Å²) in [5.41, 5.74) is 3.44. The number of carbonyl (C=O) groups is 1. The molecular weight excluding hydrogens is 348 g/mol. The Morgan fingerprint density at radius 2 is 1.75 bits per heavy atom. The van der Waals surface area contributed by atoms with Gasteiger partial charge in [-0.2, -0.15) is 0 Å². The number of benzene rings is 3. The zero-order chi connectivity index (χ0) is 19.7. The van der Waals surface area contributed by atoms with E-state index >= 15 is 0 Å². The Balaban J connectivity index is 1.87. The minimum absolute atomic E-state index is 0.0779. The molecule has 4 rings (SSSR count). The van der Waals surface area contributed by atoms with Crippen molar-refractivity contribution < 1.29 is 9.90 Å². The van der Waals surface area contributed by atoms with Crippen LogP contribution in [0.4, 0.5) is 5.69 Å². The Kier molecular flexibility index (Phi) is 5.05. The maximum atomic E-state index is 11.9. The van der Waals surface area contributed by atoms with E-state index in [9.17, 15) is 9.90 Å². The van der Waals surface area contributed by atoms with Crippen LogP contribution in [-0.2, 0) is 4.79 Å². The van der Waals surface area contributed by atoms with Crippen LogP contribution in [0.3, 0.4) is 0 Å². The Bertz CT molecular complexity index is 976. The van der Waals surface area contributed by atoms with Crippen LogP contribution in [0.25, 0.3) is 10.8 Å². The molecular formula is C24H26N2O2. The lowest BCUT2D eigenvalue weighted by Gasteiger charge is -2.33. The average molecular weight is 374 g/mol. The maximum Gasteiger partial charge on any atom is 0.320 e. The van der Waals surface area contributed by atoms with Crippen LogP contribution in [0.5, 0.6) is 0 Å². The molecule has 2 atom stereocenters. The molecule has 1 heterocycles. The van der Waals surface area contributed by atoms with Crippen molar-refractivity contribution in [3.05, 3.63) is 77.9 Å². The molecule has 0 radical (unpaired) electrons. The van der Waals surface area contributed by atoms with Gasteiger partial charge in [-0.05, 0) is 46.9 Å². The highest BCUT2D eigenvalue weighted by Gasteiger charge is 2.37. The van der Waals surface area contributed by atoms with Crippen molar-refractivity contribution in [1.29, 1.82) is 0 Å². The van der Waals surface area contributed by atoms with Gasteiger partial charge in [0, 0.05) is 26.3 Å². The van der Waals surface area contributed by atoms with Gasteiger partial charge in [-0.15, -0.1) is 0 Å². The molecule has 4 nitrogen and oxygen atoms in total. The second kappa shape index (κ2) is 7.64. The largest absolute Gasteiger partial charge is 0.480 e. The normalized spacial score (nSPS) is 18.3. The summed E-state index contributed by atoms with van der Waals surface area (Å²) >= 11 is 0. The van der Waals surface area contributed by atoms with Gasteiger partial charge in [0.1, 0.15) is 6.04 Å². The van der Waals surface area contributed by atoms with Gasteiger partial charge in [0.05, 0.1) is 6.04 Å². The number of carboxylic acids is 1. The number of nitrogens with zero attached hydrogens (tertiary/aromatic N) is 2. The molecule has 144 valence electrons. The second-order valence-electron chi connectivity index (χ2n) is 7.69. The van der Waals surface area contributed by atoms with Crippen LogP contribution in [0, 0.1) is 0 Å². The van der Waals surface area contributed by atoms with Crippen molar-refractivity contribution in [2.24, 2.45) is 0 Å². The average Bonchev–Trinajstić information content (AvgIpc) is 3.18. The van der Waals surface area contributed by atoms with E-state index in [0.29, 0.717) is 6.42 Å².